The molecule has 2 aromatic rings. The van der Waals surface area contributed by atoms with Crippen LogP contribution >= 0.6 is 28.3 Å². The first-order chi connectivity index (χ1) is 11.0. The van der Waals surface area contributed by atoms with Crippen molar-refractivity contribution in [2.75, 3.05) is 19.6 Å². The van der Waals surface area contributed by atoms with Crippen LogP contribution in [0.25, 0.3) is 10.9 Å². The van der Waals surface area contributed by atoms with Gasteiger partial charge in [0.15, 0.2) is 0 Å². The highest BCUT2D eigenvalue weighted by Crippen LogP contribution is 2.27. The molecule has 2 heterocycles. The minimum Gasteiger partial charge on any atom is -0.351 e. The molecule has 1 fully saturated rings. The van der Waals surface area contributed by atoms with Crippen LogP contribution in [0.2, 0.25) is 0 Å². The number of hydrogen-bond donors (Lipinski definition) is 3. The number of benzene rings is 1. The summed E-state index contributed by atoms with van der Waals surface area (Å²) in [6, 6.07) is 6.86. The lowest BCUT2D eigenvalue weighted by atomic mass is 9.81. The zero-order valence-electron chi connectivity index (χ0n) is 13.4. The van der Waals surface area contributed by atoms with Gasteiger partial charge in [-0.2, -0.15) is 0 Å². The number of hydrogen-bond acceptors (Lipinski definition) is 3. The summed E-state index contributed by atoms with van der Waals surface area (Å²) in [5.74, 6) is -0.195. The summed E-state index contributed by atoms with van der Waals surface area (Å²) >= 11 is 3.41. The monoisotopic (exact) mass is 413 g/mol. The molecule has 130 valence electrons. The van der Waals surface area contributed by atoms with Gasteiger partial charge in [0.05, 0.1) is 5.56 Å². The standard InChI is InChI=1S/C17H20BrN3O2.ClH/c1-17(4-6-19-7-5-17)10-20-16(23)13-9-15(22)21-14-3-2-11(18)8-12(13)14;/h2-3,8-9,19H,4-7,10H2,1H3,(H,20,23)(H,21,22);1H. The second-order valence-electron chi connectivity index (χ2n) is 6.48. The van der Waals surface area contributed by atoms with Gasteiger partial charge in [-0.25, -0.2) is 0 Å². The first-order valence-corrected chi connectivity index (χ1v) is 8.58. The normalized spacial score (nSPS) is 16.4. The van der Waals surface area contributed by atoms with Gasteiger partial charge in [-0.1, -0.05) is 22.9 Å². The fourth-order valence-electron chi connectivity index (χ4n) is 3.01. The number of amides is 1. The molecule has 0 atom stereocenters. The molecule has 0 aliphatic carbocycles. The van der Waals surface area contributed by atoms with Crippen molar-refractivity contribution >= 4 is 45.1 Å². The number of halogens is 2. The number of nitrogens with one attached hydrogen (secondary N) is 3. The van der Waals surface area contributed by atoms with Gasteiger partial charge >= 0.3 is 0 Å². The van der Waals surface area contributed by atoms with Crippen LogP contribution in [0.5, 0.6) is 0 Å². The minimum absolute atomic E-state index is 0. The molecule has 1 aromatic carbocycles. The lowest BCUT2D eigenvalue weighted by molar-refractivity contribution is 0.0924. The molecule has 0 unspecified atom stereocenters. The second kappa shape index (κ2) is 7.68. The highest BCUT2D eigenvalue weighted by molar-refractivity contribution is 9.10. The number of fused-ring (bicyclic) bond motifs is 1. The Hall–Kier alpha value is -1.37. The van der Waals surface area contributed by atoms with Crippen molar-refractivity contribution in [3.05, 3.63) is 44.7 Å². The van der Waals surface area contributed by atoms with Gasteiger partial charge in [0.1, 0.15) is 0 Å². The third-order valence-corrected chi connectivity index (χ3v) is 5.03. The molecular formula is C17H21BrClN3O2. The molecule has 0 spiro atoms. The Morgan fingerprint density at radius 3 is 2.71 bits per heavy atom. The summed E-state index contributed by atoms with van der Waals surface area (Å²) in [6.45, 7) is 4.77. The van der Waals surface area contributed by atoms with Crippen LogP contribution in [0.3, 0.4) is 0 Å². The quantitative estimate of drug-likeness (QED) is 0.723. The number of pyridine rings is 1. The Morgan fingerprint density at radius 1 is 1.29 bits per heavy atom. The second-order valence-corrected chi connectivity index (χ2v) is 7.40. The molecule has 24 heavy (non-hydrogen) atoms. The number of carbonyl (C=O) groups excluding carboxylic acids is 1. The van der Waals surface area contributed by atoms with Crippen LogP contribution in [0, 0.1) is 5.41 Å². The maximum absolute atomic E-state index is 12.6. The predicted molar refractivity (Wildman–Crippen MR) is 102 cm³/mol. The van der Waals surface area contributed by atoms with Crippen molar-refractivity contribution in [3.8, 4) is 0 Å². The molecular weight excluding hydrogens is 394 g/mol. The maximum Gasteiger partial charge on any atom is 0.252 e. The highest BCUT2D eigenvalue weighted by atomic mass is 79.9. The molecule has 1 aliphatic heterocycles. The molecule has 0 radical (unpaired) electrons. The number of aromatic amines is 1. The van der Waals surface area contributed by atoms with Crippen LogP contribution < -0.4 is 16.2 Å². The molecule has 3 N–H and O–H groups in total. The van der Waals surface area contributed by atoms with Gasteiger partial charge in [0, 0.05) is 28.0 Å². The van der Waals surface area contributed by atoms with E-state index in [1.165, 1.54) is 6.07 Å². The van der Waals surface area contributed by atoms with Gasteiger partial charge in [-0.3, -0.25) is 9.59 Å². The number of H-pyrrole nitrogens is 1. The van der Waals surface area contributed by atoms with Crippen molar-refractivity contribution in [2.45, 2.75) is 19.8 Å². The van der Waals surface area contributed by atoms with Crippen molar-refractivity contribution in [1.29, 1.82) is 0 Å². The zero-order valence-corrected chi connectivity index (χ0v) is 15.9. The lowest BCUT2D eigenvalue weighted by Crippen LogP contribution is -2.43. The van der Waals surface area contributed by atoms with Crippen molar-refractivity contribution < 1.29 is 4.79 Å². The van der Waals surface area contributed by atoms with E-state index >= 15 is 0 Å². The maximum atomic E-state index is 12.6. The van der Waals surface area contributed by atoms with E-state index in [-0.39, 0.29) is 29.3 Å². The summed E-state index contributed by atoms with van der Waals surface area (Å²) in [6.07, 6.45) is 2.07. The Balaban J connectivity index is 0.00000208. The van der Waals surface area contributed by atoms with E-state index < -0.39 is 0 Å². The topological polar surface area (TPSA) is 74.0 Å². The Labute approximate surface area is 155 Å². The molecule has 0 bridgehead atoms. The first-order valence-electron chi connectivity index (χ1n) is 7.78. The number of rotatable bonds is 3. The number of carbonyl (C=O) groups is 1. The van der Waals surface area contributed by atoms with E-state index in [0.717, 1.165) is 35.8 Å². The van der Waals surface area contributed by atoms with Crippen LogP contribution in [0.15, 0.2) is 33.5 Å². The Morgan fingerprint density at radius 2 is 2.00 bits per heavy atom. The summed E-state index contributed by atoms with van der Waals surface area (Å²) in [5, 5.41) is 7.09. The third-order valence-electron chi connectivity index (χ3n) is 4.54. The summed E-state index contributed by atoms with van der Waals surface area (Å²) in [7, 11) is 0. The third kappa shape index (κ3) is 4.18. The average Bonchev–Trinajstić information content (AvgIpc) is 2.53. The van der Waals surface area contributed by atoms with Gasteiger partial charge in [0.2, 0.25) is 5.56 Å². The van der Waals surface area contributed by atoms with Gasteiger partial charge in [0.25, 0.3) is 5.91 Å². The molecule has 3 rings (SSSR count). The van der Waals surface area contributed by atoms with E-state index in [2.05, 4.69) is 38.5 Å². The van der Waals surface area contributed by atoms with Crippen molar-refractivity contribution in [2.24, 2.45) is 5.41 Å². The number of piperidine rings is 1. The van der Waals surface area contributed by atoms with Gasteiger partial charge < -0.3 is 15.6 Å². The van der Waals surface area contributed by atoms with Gasteiger partial charge in [-0.15, -0.1) is 12.4 Å². The molecule has 0 saturated carbocycles. The fourth-order valence-corrected chi connectivity index (χ4v) is 3.37. The van der Waals surface area contributed by atoms with Crippen molar-refractivity contribution in [1.82, 2.24) is 15.6 Å². The predicted octanol–water partition coefficient (Wildman–Crippen LogP) is 2.83. The molecule has 1 amide bonds. The fraction of sp³-hybridized carbons (Fsp3) is 0.412. The summed E-state index contributed by atoms with van der Waals surface area (Å²) in [5.41, 5.74) is 0.929. The van der Waals surface area contributed by atoms with Crippen LogP contribution in [0.1, 0.15) is 30.1 Å². The van der Waals surface area contributed by atoms with Crippen LogP contribution in [-0.2, 0) is 0 Å². The van der Waals surface area contributed by atoms with Gasteiger partial charge in [-0.05, 0) is 49.5 Å². The van der Waals surface area contributed by atoms with Crippen LogP contribution in [0.4, 0.5) is 0 Å². The molecule has 1 aromatic heterocycles. The molecule has 1 aliphatic rings. The Bertz CT molecular complexity index is 800. The van der Waals surface area contributed by atoms with E-state index in [0.29, 0.717) is 17.6 Å². The van der Waals surface area contributed by atoms with E-state index in [1.54, 1.807) is 6.07 Å². The molecule has 7 heteroatoms. The lowest BCUT2D eigenvalue weighted by Gasteiger charge is -2.34. The SMILES string of the molecule is CC1(CNC(=O)c2cc(=O)[nH]c3ccc(Br)cc23)CCNCC1.Cl. The zero-order chi connectivity index (χ0) is 16.4. The molecule has 1 saturated heterocycles. The van der Waals surface area contributed by atoms with E-state index in [9.17, 15) is 9.59 Å². The number of aromatic nitrogens is 1. The minimum atomic E-state index is -0.266. The largest absolute Gasteiger partial charge is 0.351 e. The van der Waals surface area contributed by atoms with E-state index in [4.69, 9.17) is 0 Å². The highest BCUT2D eigenvalue weighted by Gasteiger charge is 2.27. The first kappa shape index (κ1) is 19.0. The summed E-state index contributed by atoms with van der Waals surface area (Å²) < 4.78 is 0.872. The molecule has 5 nitrogen and oxygen atoms in total. The smallest absolute Gasteiger partial charge is 0.252 e. The van der Waals surface area contributed by atoms with Crippen LogP contribution in [-0.4, -0.2) is 30.5 Å². The van der Waals surface area contributed by atoms with Crippen molar-refractivity contribution in [3.63, 3.8) is 0 Å². The summed E-state index contributed by atoms with van der Waals surface area (Å²) in [4.78, 5) is 27.2. The Kier molecular flexibility index (Phi) is 6.06. The van der Waals surface area contributed by atoms with E-state index in [1.807, 2.05) is 12.1 Å². The average molecular weight is 415 g/mol.